The zero-order valence-electron chi connectivity index (χ0n) is 12.6. The third-order valence-corrected chi connectivity index (χ3v) is 2.95. The molecule has 5 nitrogen and oxygen atoms in total. The molecule has 106 valence electrons. The lowest BCUT2D eigenvalue weighted by Gasteiger charge is -2.29. The van der Waals surface area contributed by atoms with Crippen LogP contribution in [0, 0.1) is 11.8 Å². The molecule has 18 heavy (non-hydrogen) atoms. The summed E-state index contributed by atoms with van der Waals surface area (Å²) >= 11 is 0. The van der Waals surface area contributed by atoms with E-state index in [1.54, 1.807) is 7.05 Å². The number of carbonyl (C=O) groups excluding carboxylic acids is 2. The maximum absolute atomic E-state index is 12.2. The van der Waals surface area contributed by atoms with Crippen LogP contribution in [-0.4, -0.2) is 49.9 Å². The van der Waals surface area contributed by atoms with Gasteiger partial charge in [-0.1, -0.05) is 27.7 Å². The molecule has 2 atom stereocenters. The van der Waals surface area contributed by atoms with Gasteiger partial charge in [0.1, 0.15) is 6.04 Å². The van der Waals surface area contributed by atoms with E-state index < -0.39 is 6.04 Å². The summed E-state index contributed by atoms with van der Waals surface area (Å²) in [5.74, 6) is -0.00159. The van der Waals surface area contributed by atoms with E-state index in [2.05, 4.69) is 10.6 Å². The quantitative estimate of drug-likeness (QED) is 0.726. The van der Waals surface area contributed by atoms with Gasteiger partial charge in [-0.15, -0.1) is 0 Å². The van der Waals surface area contributed by atoms with Crippen molar-refractivity contribution in [3.05, 3.63) is 0 Å². The standard InChI is InChI=1S/C13H27N3O2/c1-8(2)10(12(17)14-5)15-13(18)11(9(3)4)16(6)7/h8-11H,1-7H3,(H,14,17)(H,15,18)/t10-,11-/m1/s1. The third-order valence-electron chi connectivity index (χ3n) is 2.95. The van der Waals surface area contributed by atoms with E-state index in [1.807, 2.05) is 46.7 Å². The van der Waals surface area contributed by atoms with Crippen molar-refractivity contribution in [2.24, 2.45) is 11.8 Å². The first-order valence-electron chi connectivity index (χ1n) is 6.40. The van der Waals surface area contributed by atoms with Gasteiger partial charge in [-0.3, -0.25) is 14.5 Å². The predicted octanol–water partition coefficient (Wildman–Crippen LogP) is 0.459. The van der Waals surface area contributed by atoms with Crippen molar-refractivity contribution >= 4 is 11.8 Å². The van der Waals surface area contributed by atoms with Gasteiger partial charge in [0.15, 0.2) is 0 Å². The number of hydrogen-bond acceptors (Lipinski definition) is 3. The number of carbonyl (C=O) groups is 2. The molecule has 0 spiro atoms. The Morgan fingerprint density at radius 2 is 1.44 bits per heavy atom. The molecule has 0 aliphatic carbocycles. The highest BCUT2D eigenvalue weighted by atomic mass is 16.2. The van der Waals surface area contributed by atoms with Gasteiger partial charge in [0.05, 0.1) is 6.04 Å². The molecule has 0 aliphatic heterocycles. The van der Waals surface area contributed by atoms with Crippen LogP contribution in [0.3, 0.4) is 0 Å². The second kappa shape index (κ2) is 7.36. The van der Waals surface area contributed by atoms with Crippen LogP contribution in [0.1, 0.15) is 27.7 Å². The van der Waals surface area contributed by atoms with Crippen molar-refractivity contribution in [3.8, 4) is 0 Å². The minimum Gasteiger partial charge on any atom is -0.357 e. The van der Waals surface area contributed by atoms with Gasteiger partial charge in [-0.2, -0.15) is 0 Å². The smallest absolute Gasteiger partial charge is 0.242 e. The molecular formula is C13H27N3O2. The van der Waals surface area contributed by atoms with Crippen molar-refractivity contribution in [1.82, 2.24) is 15.5 Å². The van der Waals surface area contributed by atoms with Crippen molar-refractivity contribution in [2.75, 3.05) is 21.1 Å². The molecule has 0 heterocycles. The highest BCUT2D eigenvalue weighted by Gasteiger charge is 2.29. The van der Waals surface area contributed by atoms with Gasteiger partial charge in [-0.25, -0.2) is 0 Å². The van der Waals surface area contributed by atoms with Gasteiger partial charge >= 0.3 is 0 Å². The van der Waals surface area contributed by atoms with Crippen LogP contribution in [0.5, 0.6) is 0 Å². The average Bonchev–Trinajstić information content (AvgIpc) is 2.23. The zero-order chi connectivity index (χ0) is 14.5. The van der Waals surface area contributed by atoms with Crippen molar-refractivity contribution in [2.45, 2.75) is 39.8 Å². The molecule has 0 aromatic heterocycles. The Bertz CT molecular complexity index is 280. The highest BCUT2D eigenvalue weighted by Crippen LogP contribution is 2.09. The molecule has 5 heteroatoms. The second-order valence-corrected chi connectivity index (χ2v) is 5.50. The van der Waals surface area contributed by atoms with E-state index in [-0.39, 0.29) is 29.7 Å². The molecule has 0 aromatic rings. The number of nitrogens with zero attached hydrogens (tertiary/aromatic N) is 1. The molecule has 0 saturated heterocycles. The minimum absolute atomic E-state index is 0.0591. The van der Waals surface area contributed by atoms with Crippen LogP contribution in [0.2, 0.25) is 0 Å². The maximum Gasteiger partial charge on any atom is 0.242 e. The third kappa shape index (κ3) is 4.64. The van der Waals surface area contributed by atoms with E-state index >= 15 is 0 Å². The van der Waals surface area contributed by atoms with Crippen LogP contribution in [0.25, 0.3) is 0 Å². The first-order chi connectivity index (χ1) is 8.22. The van der Waals surface area contributed by atoms with Crippen LogP contribution >= 0.6 is 0 Å². The Morgan fingerprint density at radius 1 is 0.944 bits per heavy atom. The second-order valence-electron chi connectivity index (χ2n) is 5.50. The van der Waals surface area contributed by atoms with Crippen LogP contribution in [-0.2, 0) is 9.59 Å². The lowest BCUT2D eigenvalue weighted by atomic mass is 9.99. The Balaban J connectivity index is 4.82. The van der Waals surface area contributed by atoms with Crippen LogP contribution in [0.15, 0.2) is 0 Å². The predicted molar refractivity (Wildman–Crippen MR) is 73.1 cm³/mol. The van der Waals surface area contributed by atoms with E-state index in [1.165, 1.54) is 0 Å². The summed E-state index contributed by atoms with van der Waals surface area (Å²) in [6.07, 6.45) is 0. The van der Waals surface area contributed by atoms with Gasteiger partial charge in [0, 0.05) is 7.05 Å². The minimum atomic E-state index is -0.483. The monoisotopic (exact) mass is 257 g/mol. The molecule has 2 amide bonds. The molecule has 0 bridgehead atoms. The lowest BCUT2D eigenvalue weighted by molar-refractivity contribution is -0.133. The number of hydrogen-bond donors (Lipinski definition) is 2. The summed E-state index contributed by atoms with van der Waals surface area (Å²) < 4.78 is 0. The Morgan fingerprint density at radius 3 is 1.72 bits per heavy atom. The molecule has 0 unspecified atom stereocenters. The summed E-state index contributed by atoms with van der Waals surface area (Å²) in [6.45, 7) is 7.82. The SMILES string of the molecule is CNC(=O)[C@H](NC(=O)[C@@H](C(C)C)N(C)C)C(C)C. The molecule has 0 aromatic carbocycles. The lowest BCUT2D eigenvalue weighted by Crippen LogP contribution is -2.55. The maximum atomic E-state index is 12.2. The summed E-state index contributed by atoms with van der Waals surface area (Å²) in [5.41, 5.74) is 0. The molecule has 0 saturated carbocycles. The number of amides is 2. The van der Waals surface area contributed by atoms with Gasteiger partial charge < -0.3 is 10.6 Å². The van der Waals surface area contributed by atoms with Gasteiger partial charge in [0.25, 0.3) is 0 Å². The molecule has 0 rings (SSSR count). The van der Waals surface area contributed by atoms with E-state index in [0.717, 1.165) is 0 Å². The topological polar surface area (TPSA) is 61.4 Å². The zero-order valence-corrected chi connectivity index (χ0v) is 12.6. The molecular weight excluding hydrogens is 230 g/mol. The summed E-state index contributed by atoms with van der Waals surface area (Å²) in [5, 5.41) is 5.42. The summed E-state index contributed by atoms with van der Waals surface area (Å²) in [7, 11) is 5.32. The highest BCUT2D eigenvalue weighted by molar-refractivity contribution is 5.89. The summed E-state index contributed by atoms with van der Waals surface area (Å²) in [6, 6.07) is -0.709. The Labute approximate surface area is 110 Å². The van der Waals surface area contributed by atoms with Crippen LogP contribution in [0.4, 0.5) is 0 Å². The molecule has 0 radical (unpaired) electrons. The van der Waals surface area contributed by atoms with E-state index in [0.29, 0.717) is 0 Å². The molecule has 0 fully saturated rings. The number of likely N-dealkylation sites (N-methyl/N-ethyl adjacent to an activating group) is 2. The van der Waals surface area contributed by atoms with Crippen molar-refractivity contribution in [1.29, 1.82) is 0 Å². The Kier molecular flexibility index (Phi) is 6.91. The van der Waals surface area contributed by atoms with Crippen molar-refractivity contribution in [3.63, 3.8) is 0 Å². The fourth-order valence-electron chi connectivity index (χ4n) is 2.06. The summed E-state index contributed by atoms with van der Waals surface area (Å²) in [4.78, 5) is 25.8. The van der Waals surface area contributed by atoms with Gasteiger partial charge in [-0.05, 0) is 25.9 Å². The van der Waals surface area contributed by atoms with Crippen molar-refractivity contribution < 1.29 is 9.59 Å². The largest absolute Gasteiger partial charge is 0.357 e. The fraction of sp³-hybridized carbons (Fsp3) is 0.846. The average molecular weight is 257 g/mol. The first-order valence-corrected chi connectivity index (χ1v) is 6.40. The van der Waals surface area contributed by atoms with Gasteiger partial charge in [0.2, 0.25) is 11.8 Å². The number of rotatable bonds is 6. The fourth-order valence-corrected chi connectivity index (χ4v) is 2.06. The normalized spacial score (nSPS) is 14.8. The first kappa shape index (κ1) is 16.9. The molecule has 2 N–H and O–H groups in total. The van der Waals surface area contributed by atoms with Crippen LogP contribution < -0.4 is 10.6 Å². The van der Waals surface area contributed by atoms with E-state index in [4.69, 9.17) is 0 Å². The molecule has 0 aliphatic rings. The Hall–Kier alpha value is -1.10. The van der Waals surface area contributed by atoms with E-state index in [9.17, 15) is 9.59 Å². The number of nitrogens with one attached hydrogen (secondary N) is 2.